The molecule has 1 aromatic heterocycles. The fourth-order valence-corrected chi connectivity index (χ4v) is 5.21. The Labute approximate surface area is 221 Å². The largest absolute Gasteiger partial charge is 0.493 e. The van der Waals surface area contributed by atoms with Crippen LogP contribution in [0.5, 0.6) is 11.5 Å². The summed E-state index contributed by atoms with van der Waals surface area (Å²) in [4.78, 5) is 36.2. The monoisotopic (exact) mass is 517 g/mol. The second kappa shape index (κ2) is 11.6. The van der Waals surface area contributed by atoms with Crippen LogP contribution in [0.15, 0.2) is 61.1 Å². The number of hydrogen-bond acceptors (Lipinski definition) is 7. The molecule has 2 atom stereocenters. The lowest BCUT2D eigenvalue weighted by molar-refractivity contribution is -0.160. The number of carboxylic acid groups (broad SMARTS) is 1. The maximum Gasteiger partial charge on any atom is 0.326 e. The van der Waals surface area contributed by atoms with Crippen molar-refractivity contribution in [1.29, 1.82) is 0 Å². The van der Waals surface area contributed by atoms with Gasteiger partial charge in [-0.15, -0.1) is 0 Å². The first kappa shape index (κ1) is 25.7. The van der Waals surface area contributed by atoms with Gasteiger partial charge in [-0.2, -0.15) is 0 Å². The molecule has 9 heteroatoms. The number of amides is 1. The molecule has 0 spiro atoms. The Bertz CT molecular complexity index is 1260. The van der Waals surface area contributed by atoms with Gasteiger partial charge in [-0.05, 0) is 30.0 Å². The van der Waals surface area contributed by atoms with Crippen LogP contribution in [0.1, 0.15) is 54.2 Å². The van der Waals surface area contributed by atoms with Crippen molar-refractivity contribution in [1.82, 2.24) is 14.9 Å². The van der Waals surface area contributed by atoms with Crippen LogP contribution in [0.3, 0.4) is 0 Å². The van der Waals surface area contributed by atoms with Gasteiger partial charge in [0.05, 0.1) is 25.1 Å². The highest BCUT2D eigenvalue weighted by Crippen LogP contribution is 2.40. The molecular formula is C29H31N3O6. The first-order valence-corrected chi connectivity index (χ1v) is 12.8. The van der Waals surface area contributed by atoms with E-state index in [1.54, 1.807) is 24.7 Å². The van der Waals surface area contributed by atoms with E-state index in [0.29, 0.717) is 22.8 Å². The van der Waals surface area contributed by atoms with Crippen molar-refractivity contribution >= 4 is 11.9 Å². The lowest BCUT2D eigenvalue weighted by atomic mass is 9.91. The van der Waals surface area contributed by atoms with Gasteiger partial charge in [0.2, 0.25) is 0 Å². The SMILES string of the molecule is COc1ccc2c(c1OCc1cnccn1)C[C@H](C(=O)O)N(C(=O)[C@H](OC1CCCC1)c1ccccc1)C2. The number of methoxy groups -OCH3 is 1. The Balaban J connectivity index is 1.46. The lowest BCUT2D eigenvalue weighted by Gasteiger charge is -2.37. The molecule has 9 nitrogen and oxygen atoms in total. The van der Waals surface area contributed by atoms with Crippen LogP contribution in [0.25, 0.3) is 0 Å². The zero-order chi connectivity index (χ0) is 26.5. The molecule has 1 saturated carbocycles. The predicted octanol–water partition coefficient (Wildman–Crippen LogP) is 4.10. The molecule has 198 valence electrons. The number of carbonyl (C=O) groups excluding carboxylic acids is 1. The Morgan fingerprint density at radius 1 is 1.11 bits per heavy atom. The van der Waals surface area contributed by atoms with Crippen molar-refractivity contribution in [3.63, 3.8) is 0 Å². The summed E-state index contributed by atoms with van der Waals surface area (Å²) in [5.41, 5.74) is 2.86. The van der Waals surface area contributed by atoms with Gasteiger partial charge in [0.15, 0.2) is 17.6 Å². The van der Waals surface area contributed by atoms with E-state index in [4.69, 9.17) is 14.2 Å². The maximum absolute atomic E-state index is 14.0. The Morgan fingerprint density at radius 2 is 1.89 bits per heavy atom. The molecule has 0 bridgehead atoms. The Morgan fingerprint density at radius 3 is 2.58 bits per heavy atom. The van der Waals surface area contributed by atoms with Crippen LogP contribution in [0.4, 0.5) is 0 Å². The summed E-state index contributed by atoms with van der Waals surface area (Å²) in [5, 5.41) is 10.2. The normalized spacial score (nSPS) is 18.0. The number of ether oxygens (including phenoxy) is 3. The number of aromatic nitrogens is 2. The molecule has 0 radical (unpaired) electrons. The molecule has 1 fully saturated rings. The minimum atomic E-state index is -1.08. The molecule has 3 aromatic rings. The van der Waals surface area contributed by atoms with Crippen LogP contribution in [0, 0.1) is 0 Å². The first-order chi connectivity index (χ1) is 18.5. The van der Waals surface area contributed by atoms with Gasteiger partial charge in [-0.3, -0.25) is 14.8 Å². The number of hydrogen-bond donors (Lipinski definition) is 1. The van der Waals surface area contributed by atoms with E-state index in [1.165, 1.54) is 12.0 Å². The van der Waals surface area contributed by atoms with E-state index in [9.17, 15) is 14.7 Å². The van der Waals surface area contributed by atoms with Gasteiger partial charge >= 0.3 is 5.97 Å². The number of nitrogens with zero attached hydrogens (tertiary/aromatic N) is 3. The number of fused-ring (bicyclic) bond motifs is 1. The van der Waals surface area contributed by atoms with Crippen molar-refractivity contribution in [3.05, 3.63) is 83.4 Å². The molecule has 0 saturated heterocycles. The summed E-state index contributed by atoms with van der Waals surface area (Å²) >= 11 is 0. The summed E-state index contributed by atoms with van der Waals surface area (Å²) in [6.07, 6.45) is 7.88. The molecular weight excluding hydrogens is 486 g/mol. The molecule has 1 aliphatic heterocycles. The second-order valence-electron chi connectivity index (χ2n) is 9.58. The van der Waals surface area contributed by atoms with Crippen LogP contribution in [0.2, 0.25) is 0 Å². The van der Waals surface area contributed by atoms with E-state index >= 15 is 0 Å². The average molecular weight is 518 g/mol. The van der Waals surface area contributed by atoms with Crippen LogP contribution >= 0.6 is 0 Å². The van der Waals surface area contributed by atoms with E-state index in [2.05, 4.69) is 9.97 Å². The predicted molar refractivity (Wildman–Crippen MR) is 138 cm³/mol. The fraction of sp³-hybridized carbons (Fsp3) is 0.379. The molecule has 5 rings (SSSR count). The van der Waals surface area contributed by atoms with Crippen LogP contribution in [-0.2, 0) is 33.9 Å². The number of carbonyl (C=O) groups is 2. The van der Waals surface area contributed by atoms with Crippen molar-refractivity contribution < 1.29 is 28.9 Å². The quantitative estimate of drug-likeness (QED) is 0.452. The topological polar surface area (TPSA) is 111 Å². The summed E-state index contributed by atoms with van der Waals surface area (Å²) in [6.45, 7) is 0.264. The van der Waals surface area contributed by atoms with E-state index in [1.807, 2.05) is 36.4 Å². The summed E-state index contributed by atoms with van der Waals surface area (Å²) in [5.74, 6) is -0.488. The second-order valence-corrected chi connectivity index (χ2v) is 9.58. The van der Waals surface area contributed by atoms with Crippen molar-refractivity contribution in [3.8, 4) is 11.5 Å². The minimum Gasteiger partial charge on any atom is -0.493 e. The summed E-state index contributed by atoms with van der Waals surface area (Å²) < 4.78 is 18.0. The number of carboxylic acids is 1. The molecule has 2 heterocycles. The molecule has 1 N–H and O–H groups in total. The molecule has 2 aromatic carbocycles. The molecule has 38 heavy (non-hydrogen) atoms. The summed E-state index contributed by atoms with van der Waals surface area (Å²) in [7, 11) is 1.54. The third-order valence-corrected chi connectivity index (χ3v) is 7.16. The molecule has 1 aliphatic carbocycles. The smallest absolute Gasteiger partial charge is 0.326 e. The van der Waals surface area contributed by atoms with Crippen molar-refractivity contribution in [2.75, 3.05) is 7.11 Å². The van der Waals surface area contributed by atoms with Gasteiger partial charge in [-0.1, -0.05) is 49.2 Å². The number of aliphatic carboxylic acids is 1. The molecule has 0 unspecified atom stereocenters. The van der Waals surface area contributed by atoms with Crippen LogP contribution in [-0.4, -0.2) is 51.1 Å². The lowest BCUT2D eigenvalue weighted by Crippen LogP contribution is -2.50. The minimum absolute atomic E-state index is 0.0186. The third-order valence-electron chi connectivity index (χ3n) is 7.16. The number of benzene rings is 2. The van der Waals surface area contributed by atoms with Gasteiger partial charge in [-0.25, -0.2) is 4.79 Å². The Kier molecular flexibility index (Phi) is 7.83. The van der Waals surface area contributed by atoms with Crippen molar-refractivity contribution in [2.45, 2.75) is 63.5 Å². The van der Waals surface area contributed by atoms with Gasteiger partial charge in [0, 0.05) is 30.9 Å². The van der Waals surface area contributed by atoms with E-state index in [-0.39, 0.29) is 31.6 Å². The standard InChI is InChI=1S/C29H31N3O6/c1-36-25-12-11-20-17-32(28(33)26(19-7-3-2-4-8-19)38-22-9-5-6-10-22)24(29(34)35)15-23(20)27(25)37-18-21-16-30-13-14-31-21/h2-4,7-8,11-14,16,22,24,26H,5-6,9-10,15,17-18H2,1H3,(H,34,35)/t24-,26-/m1/s1. The van der Waals surface area contributed by atoms with Gasteiger partial charge in [0.25, 0.3) is 5.91 Å². The zero-order valence-corrected chi connectivity index (χ0v) is 21.3. The van der Waals surface area contributed by atoms with E-state index < -0.39 is 18.1 Å². The molecule has 2 aliphatic rings. The molecule has 1 amide bonds. The zero-order valence-electron chi connectivity index (χ0n) is 21.3. The first-order valence-electron chi connectivity index (χ1n) is 12.8. The Hall–Kier alpha value is -3.98. The maximum atomic E-state index is 14.0. The van der Waals surface area contributed by atoms with Crippen molar-refractivity contribution in [2.24, 2.45) is 0 Å². The highest BCUT2D eigenvalue weighted by atomic mass is 16.5. The van der Waals surface area contributed by atoms with E-state index in [0.717, 1.165) is 36.8 Å². The summed E-state index contributed by atoms with van der Waals surface area (Å²) in [6, 6.07) is 11.9. The third kappa shape index (κ3) is 5.47. The van der Waals surface area contributed by atoms with Crippen LogP contribution < -0.4 is 9.47 Å². The highest BCUT2D eigenvalue weighted by molar-refractivity contribution is 5.88. The highest BCUT2D eigenvalue weighted by Gasteiger charge is 2.41. The fourth-order valence-electron chi connectivity index (χ4n) is 5.21. The van der Waals surface area contributed by atoms with Gasteiger partial charge in [0.1, 0.15) is 12.6 Å². The average Bonchev–Trinajstić information content (AvgIpc) is 3.48. The van der Waals surface area contributed by atoms with Gasteiger partial charge < -0.3 is 24.2 Å². The number of rotatable bonds is 9.